The Morgan fingerprint density at radius 3 is 2.67 bits per heavy atom. The second-order valence-electron chi connectivity index (χ2n) is 2.71. The van der Waals surface area contributed by atoms with Crippen LogP contribution in [0.25, 0.3) is 6.08 Å². The van der Waals surface area contributed by atoms with Gasteiger partial charge in [-0.25, -0.2) is 4.79 Å². The van der Waals surface area contributed by atoms with Crippen molar-refractivity contribution in [2.75, 3.05) is 7.11 Å². The van der Waals surface area contributed by atoms with Gasteiger partial charge in [-0.1, -0.05) is 11.5 Å². The van der Waals surface area contributed by atoms with Crippen LogP contribution in [0, 0.1) is 0 Å². The summed E-state index contributed by atoms with van der Waals surface area (Å²) in [6, 6.07) is 1.00. The van der Waals surface area contributed by atoms with Crippen molar-refractivity contribution in [1.29, 1.82) is 0 Å². The summed E-state index contributed by atoms with van der Waals surface area (Å²) in [6.07, 6.45) is 2.38. The predicted molar refractivity (Wildman–Crippen MR) is 54.1 cm³/mol. The molecule has 2 nitrogen and oxygen atoms in total. The van der Waals surface area contributed by atoms with E-state index in [-0.39, 0.29) is 0 Å². The molecule has 0 spiro atoms. The van der Waals surface area contributed by atoms with Gasteiger partial charge in [0.1, 0.15) is 0 Å². The summed E-state index contributed by atoms with van der Waals surface area (Å²) in [5.41, 5.74) is -0.649. The molecule has 1 aromatic rings. The molecule has 0 aliphatic rings. The summed E-state index contributed by atoms with van der Waals surface area (Å²) in [4.78, 5) is 11.0. The molecular formula is C8H7BF3O2S-. The van der Waals surface area contributed by atoms with Crippen LogP contribution in [0.15, 0.2) is 17.5 Å². The minimum absolute atomic E-state index is 0.370. The smallest absolute Gasteiger partial charge is 0.466 e. The van der Waals surface area contributed by atoms with E-state index in [0.29, 0.717) is 4.88 Å². The molecule has 0 saturated heterocycles. The molecule has 0 fully saturated rings. The van der Waals surface area contributed by atoms with Crippen molar-refractivity contribution >= 4 is 35.8 Å². The number of carbonyl (C=O) groups excluding carboxylic acids is 1. The summed E-state index contributed by atoms with van der Waals surface area (Å²) >= 11 is 0.930. The Morgan fingerprint density at radius 2 is 2.20 bits per heavy atom. The van der Waals surface area contributed by atoms with Crippen molar-refractivity contribution in [3.8, 4) is 0 Å². The van der Waals surface area contributed by atoms with Crippen molar-refractivity contribution in [2.24, 2.45) is 0 Å². The van der Waals surface area contributed by atoms with E-state index in [9.17, 15) is 17.7 Å². The van der Waals surface area contributed by atoms with E-state index in [1.165, 1.54) is 13.2 Å². The van der Waals surface area contributed by atoms with Gasteiger partial charge < -0.3 is 17.7 Å². The van der Waals surface area contributed by atoms with Gasteiger partial charge in [0.15, 0.2) is 0 Å². The van der Waals surface area contributed by atoms with Crippen LogP contribution in [0.3, 0.4) is 0 Å². The third kappa shape index (κ3) is 3.43. The molecule has 0 aromatic carbocycles. The second kappa shape index (κ2) is 4.52. The molecule has 0 bridgehead atoms. The minimum Gasteiger partial charge on any atom is -0.466 e. The summed E-state index contributed by atoms with van der Waals surface area (Å²) in [6.45, 7) is -4.96. The number of halogens is 3. The zero-order valence-corrected chi connectivity index (χ0v) is 8.56. The molecule has 0 aliphatic heterocycles. The molecule has 0 unspecified atom stereocenters. The van der Waals surface area contributed by atoms with Gasteiger partial charge >= 0.3 is 12.9 Å². The van der Waals surface area contributed by atoms with E-state index in [0.717, 1.165) is 28.9 Å². The van der Waals surface area contributed by atoms with E-state index in [2.05, 4.69) is 4.74 Å². The molecule has 0 N–H and O–H groups in total. The van der Waals surface area contributed by atoms with E-state index in [4.69, 9.17) is 0 Å². The maximum Gasteiger partial charge on any atom is 0.510 e. The largest absolute Gasteiger partial charge is 0.510 e. The highest BCUT2D eigenvalue weighted by Gasteiger charge is 2.26. The maximum absolute atomic E-state index is 12.2. The average molecular weight is 235 g/mol. The highest BCUT2D eigenvalue weighted by molar-refractivity contribution is 7.12. The lowest BCUT2D eigenvalue weighted by Gasteiger charge is -2.10. The lowest BCUT2D eigenvalue weighted by atomic mass is 9.82. The first-order chi connectivity index (χ1) is 6.93. The number of rotatable bonds is 3. The van der Waals surface area contributed by atoms with E-state index in [1.54, 1.807) is 0 Å². The van der Waals surface area contributed by atoms with Crippen LogP contribution in [-0.2, 0) is 9.53 Å². The van der Waals surface area contributed by atoms with E-state index >= 15 is 0 Å². The normalized spacial score (nSPS) is 12.0. The third-order valence-electron chi connectivity index (χ3n) is 1.60. The summed E-state index contributed by atoms with van der Waals surface area (Å²) < 4.78 is 41.0. The van der Waals surface area contributed by atoms with Gasteiger partial charge in [0.05, 0.1) is 7.11 Å². The summed E-state index contributed by atoms with van der Waals surface area (Å²) in [5, 5.41) is 1.02. The Morgan fingerprint density at radius 1 is 1.53 bits per heavy atom. The lowest BCUT2D eigenvalue weighted by Crippen LogP contribution is -2.32. The maximum atomic E-state index is 12.2. The molecule has 0 amide bonds. The van der Waals surface area contributed by atoms with Crippen molar-refractivity contribution in [1.82, 2.24) is 0 Å². The van der Waals surface area contributed by atoms with Gasteiger partial charge in [-0.2, -0.15) is 0 Å². The van der Waals surface area contributed by atoms with Gasteiger partial charge in [-0.3, -0.25) is 0 Å². The number of hydrogen-bond acceptors (Lipinski definition) is 3. The Labute approximate surface area is 88.4 Å². The summed E-state index contributed by atoms with van der Waals surface area (Å²) in [5.74, 6) is -0.595. The molecule has 7 heteroatoms. The predicted octanol–water partition coefficient (Wildman–Crippen LogP) is 1.99. The molecule has 82 valence electrons. The first-order valence-corrected chi connectivity index (χ1v) is 4.86. The van der Waals surface area contributed by atoms with Gasteiger partial charge in [-0.05, 0) is 11.5 Å². The average Bonchev–Trinajstić information content (AvgIpc) is 2.61. The Balaban J connectivity index is 2.77. The van der Waals surface area contributed by atoms with Crippen LogP contribution in [0.1, 0.15) is 4.88 Å². The second-order valence-corrected chi connectivity index (χ2v) is 3.66. The van der Waals surface area contributed by atoms with Gasteiger partial charge in [0.2, 0.25) is 0 Å². The minimum atomic E-state index is -4.96. The number of ether oxygens (including phenoxy) is 1. The molecule has 0 saturated carbocycles. The monoisotopic (exact) mass is 235 g/mol. The zero-order valence-electron chi connectivity index (χ0n) is 7.75. The Kier molecular flexibility index (Phi) is 3.57. The molecule has 1 heterocycles. The van der Waals surface area contributed by atoms with Gasteiger partial charge in [0, 0.05) is 11.0 Å². The van der Waals surface area contributed by atoms with Gasteiger partial charge in [0.25, 0.3) is 0 Å². The van der Waals surface area contributed by atoms with Gasteiger partial charge in [-0.15, -0.1) is 11.3 Å². The quantitative estimate of drug-likeness (QED) is 0.455. The standard InChI is InChI=1S/C8H7BF3O2S/c1-14-8(13)3-2-7-4-6(5-15-7)9(10,11)12/h2-5H,1H3/q-1/b3-2-. The van der Waals surface area contributed by atoms with Crippen LogP contribution >= 0.6 is 11.3 Å². The van der Waals surface area contributed by atoms with Crippen LogP contribution in [-0.4, -0.2) is 20.1 Å². The van der Waals surface area contributed by atoms with Crippen LogP contribution in [0.4, 0.5) is 12.9 Å². The molecule has 15 heavy (non-hydrogen) atoms. The molecular weight excluding hydrogens is 228 g/mol. The first-order valence-electron chi connectivity index (χ1n) is 3.98. The zero-order chi connectivity index (χ0) is 11.5. The Bertz CT molecular complexity index is 383. The number of esters is 1. The number of hydrogen-bond donors (Lipinski definition) is 0. The highest BCUT2D eigenvalue weighted by atomic mass is 32.1. The fourth-order valence-corrected chi connectivity index (χ4v) is 1.69. The van der Waals surface area contributed by atoms with Crippen molar-refractivity contribution in [3.63, 3.8) is 0 Å². The summed E-state index contributed by atoms with van der Waals surface area (Å²) in [7, 11) is 1.20. The fourth-order valence-electron chi connectivity index (χ4n) is 0.846. The molecule has 0 radical (unpaired) electrons. The highest BCUT2D eigenvalue weighted by Crippen LogP contribution is 2.16. The first kappa shape index (κ1) is 11.8. The SMILES string of the molecule is COC(=O)/C=C\c1cc([B-](F)(F)F)cs1. The molecule has 1 aromatic heterocycles. The Hall–Kier alpha value is -1.24. The van der Waals surface area contributed by atoms with Crippen LogP contribution in [0.2, 0.25) is 0 Å². The van der Waals surface area contributed by atoms with Crippen LogP contribution in [0.5, 0.6) is 0 Å². The topological polar surface area (TPSA) is 26.3 Å². The number of thiophene rings is 1. The molecule has 0 aliphatic carbocycles. The molecule has 0 atom stereocenters. The van der Waals surface area contributed by atoms with Crippen molar-refractivity contribution in [2.45, 2.75) is 0 Å². The lowest BCUT2D eigenvalue weighted by molar-refractivity contribution is -0.134. The third-order valence-corrected chi connectivity index (χ3v) is 2.52. The van der Waals surface area contributed by atoms with E-state index in [1.807, 2.05) is 0 Å². The van der Waals surface area contributed by atoms with Crippen molar-refractivity contribution in [3.05, 3.63) is 22.4 Å². The van der Waals surface area contributed by atoms with Crippen LogP contribution < -0.4 is 5.46 Å². The molecule has 1 rings (SSSR count). The van der Waals surface area contributed by atoms with E-state index < -0.39 is 18.4 Å². The fraction of sp³-hybridized carbons (Fsp3) is 0.125. The van der Waals surface area contributed by atoms with Crippen molar-refractivity contribution < 1.29 is 22.5 Å². The number of methoxy groups -OCH3 is 1. The number of carbonyl (C=O) groups is 1.